The van der Waals surface area contributed by atoms with Crippen molar-refractivity contribution in [1.82, 2.24) is 20.3 Å². The second kappa shape index (κ2) is 9.21. The van der Waals surface area contributed by atoms with E-state index in [9.17, 15) is 4.79 Å². The molecule has 0 radical (unpaired) electrons. The second-order valence-electron chi connectivity index (χ2n) is 7.24. The van der Waals surface area contributed by atoms with Crippen LogP contribution in [0.25, 0.3) is 10.8 Å². The minimum atomic E-state index is -0.0923. The quantitative estimate of drug-likeness (QED) is 0.394. The highest BCUT2D eigenvalue weighted by Crippen LogP contribution is 2.18. The van der Waals surface area contributed by atoms with Crippen LogP contribution in [0.5, 0.6) is 0 Å². The predicted octanol–water partition coefficient (Wildman–Crippen LogP) is 4.23. The van der Waals surface area contributed by atoms with Crippen molar-refractivity contribution in [2.24, 2.45) is 0 Å². The first-order valence-electron chi connectivity index (χ1n) is 10.1. The summed E-state index contributed by atoms with van der Waals surface area (Å²) in [6, 6.07) is 19.3. The molecule has 0 aliphatic rings. The van der Waals surface area contributed by atoms with Crippen LogP contribution < -0.4 is 16.0 Å². The number of aryl methyl sites for hydroxylation is 2. The van der Waals surface area contributed by atoms with Gasteiger partial charge in [0.2, 0.25) is 0 Å². The van der Waals surface area contributed by atoms with Gasteiger partial charge in [-0.2, -0.15) is 0 Å². The first-order valence-corrected chi connectivity index (χ1v) is 10.1. The number of pyridine rings is 1. The van der Waals surface area contributed by atoms with Gasteiger partial charge in [0.15, 0.2) is 0 Å². The van der Waals surface area contributed by atoms with Crippen LogP contribution in [0.3, 0.4) is 0 Å². The molecule has 0 aliphatic carbocycles. The van der Waals surface area contributed by atoms with Gasteiger partial charge in [0.25, 0.3) is 5.91 Å². The molecule has 31 heavy (non-hydrogen) atoms. The lowest BCUT2D eigenvalue weighted by Crippen LogP contribution is -2.29. The Balaban J connectivity index is 1.35. The third kappa shape index (κ3) is 5.14. The number of amides is 1. The Bertz CT molecular complexity index is 1220. The summed E-state index contributed by atoms with van der Waals surface area (Å²) >= 11 is 0. The van der Waals surface area contributed by atoms with Crippen molar-refractivity contribution >= 4 is 34.1 Å². The van der Waals surface area contributed by atoms with E-state index in [4.69, 9.17) is 0 Å². The van der Waals surface area contributed by atoms with Gasteiger partial charge in [-0.15, -0.1) is 0 Å². The molecule has 0 saturated heterocycles. The topological polar surface area (TPSA) is 91.8 Å². The van der Waals surface area contributed by atoms with E-state index in [1.165, 1.54) is 0 Å². The second-order valence-corrected chi connectivity index (χ2v) is 7.24. The third-order valence-electron chi connectivity index (χ3n) is 4.76. The summed E-state index contributed by atoms with van der Waals surface area (Å²) in [6.45, 7) is 4.85. The van der Waals surface area contributed by atoms with E-state index in [1.807, 2.05) is 74.5 Å². The average molecular weight is 412 g/mol. The van der Waals surface area contributed by atoms with Gasteiger partial charge in [-0.25, -0.2) is 15.0 Å². The third-order valence-corrected chi connectivity index (χ3v) is 4.76. The zero-order chi connectivity index (χ0) is 21.6. The van der Waals surface area contributed by atoms with Crippen molar-refractivity contribution in [3.63, 3.8) is 0 Å². The fraction of sp³-hybridized carbons (Fsp3) is 0.167. The van der Waals surface area contributed by atoms with Gasteiger partial charge in [0.1, 0.15) is 23.3 Å². The fourth-order valence-electron chi connectivity index (χ4n) is 3.34. The highest BCUT2D eigenvalue weighted by molar-refractivity contribution is 6.07. The summed E-state index contributed by atoms with van der Waals surface area (Å²) in [5, 5.41) is 11.4. The molecular formula is C24H24N6O. The molecule has 3 N–H and O–H groups in total. The molecule has 4 rings (SSSR count). The molecule has 1 amide bonds. The Labute approximate surface area is 181 Å². The van der Waals surface area contributed by atoms with E-state index in [0.29, 0.717) is 36.1 Å². The molecule has 0 atom stereocenters. The van der Waals surface area contributed by atoms with Crippen molar-refractivity contribution in [3.05, 3.63) is 83.8 Å². The Kier molecular flexibility index (Phi) is 6.03. The molecule has 0 spiro atoms. The summed E-state index contributed by atoms with van der Waals surface area (Å²) in [4.78, 5) is 25.8. The molecule has 156 valence electrons. The van der Waals surface area contributed by atoms with Gasteiger partial charge in [0.05, 0.1) is 0 Å². The van der Waals surface area contributed by atoms with E-state index in [0.717, 1.165) is 22.2 Å². The monoisotopic (exact) mass is 412 g/mol. The molecule has 2 aromatic carbocycles. The Morgan fingerprint density at radius 2 is 1.68 bits per heavy atom. The number of aromatic nitrogens is 3. The molecule has 2 aromatic heterocycles. The molecule has 0 fully saturated rings. The van der Waals surface area contributed by atoms with Gasteiger partial charge in [-0.3, -0.25) is 4.79 Å². The number of hydrogen-bond donors (Lipinski definition) is 3. The number of nitrogens with zero attached hydrogens (tertiary/aromatic N) is 3. The van der Waals surface area contributed by atoms with Crippen LogP contribution in [0, 0.1) is 13.8 Å². The summed E-state index contributed by atoms with van der Waals surface area (Å²) in [5.74, 6) is 2.62. The maximum atomic E-state index is 12.6. The Morgan fingerprint density at radius 3 is 2.55 bits per heavy atom. The Morgan fingerprint density at radius 1 is 0.871 bits per heavy atom. The number of carbonyl (C=O) groups excluding carboxylic acids is 1. The van der Waals surface area contributed by atoms with Crippen LogP contribution in [0.2, 0.25) is 0 Å². The Hall–Kier alpha value is -4.00. The van der Waals surface area contributed by atoms with Crippen LogP contribution >= 0.6 is 0 Å². The van der Waals surface area contributed by atoms with E-state index < -0.39 is 0 Å². The minimum Gasteiger partial charge on any atom is -0.368 e. The van der Waals surface area contributed by atoms with Crippen molar-refractivity contribution in [2.45, 2.75) is 13.8 Å². The molecule has 0 saturated carbocycles. The van der Waals surface area contributed by atoms with Gasteiger partial charge in [-0.05, 0) is 48.4 Å². The van der Waals surface area contributed by atoms with Crippen molar-refractivity contribution in [1.29, 1.82) is 0 Å². The number of carbonyl (C=O) groups is 1. The van der Waals surface area contributed by atoms with Gasteiger partial charge >= 0.3 is 0 Å². The van der Waals surface area contributed by atoms with E-state index >= 15 is 0 Å². The predicted molar refractivity (Wildman–Crippen MR) is 124 cm³/mol. The fourth-order valence-corrected chi connectivity index (χ4v) is 3.34. The maximum absolute atomic E-state index is 12.6. The molecule has 4 aromatic rings. The number of nitrogens with one attached hydrogen (secondary N) is 3. The largest absolute Gasteiger partial charge is 0.368 e. The number of fused-ring (bicyclic) bond motifs is 1. The zero-order valence-corrected chi connectivity index (χ0v) is 17.5. The van der Waals surface area contributed by atoms with Gasteiger partial charge in [-0.1, -0.05) is 36.4 Å². The van der Waals surface area contributed by atoms with Crippen molar-refractivity contribution in [3.8, 4) is 0 Å². The first kappa shape index (κ1) is 20.3. The molecule has 7 heteroatoms. The lowest BCUT2D eigenvalue weighted by Gasteiger charge is -2.11. The first-order chi connectivity index (χ1) is 15.1. The standard InChI is InChI=1S/C24H24N6O/c1-16-10-11-25-21(14-16)30-23-15-22(28-17(2)29-23)26-12-13-27-24(31)20-9-5-7-18-6-3-4-8-19(18)20/h3-11,14-15H,12-13H2,1-2H3,(H,27,31)(H2,25,26,28,29,30). The van der Waals surface area contributed by atoms with Crippen LogP contribution in [0.1, 0.15) is 21.7 Å². The summed E-state index contributed by atoms with van der Waals surface area (Å²) in [5.41, 5.74) is 1.79. The van der Waals surface area contributed by atoms with E-state index in [-0.39, 0.29) is 5.91 Å². The number of rotatable bonds is 7. The molecular weight excluding hydrogens is 388 g/mol. The van der Waals surface area contributed by atoms with Crippen LogP contribution in [0.15, 0.2) is 66.9 Å². The summed E-state index contributed by atoms with van der Waals surface area (Å²) < 4.78 is 0. The molecule has 0 bridgehead atoms. The molecule has 0 aliphatic heterocycles. The summed E-state index contributed by atoms with van der Waals surface area (Å²) in [6.07, 6.45) is 1.75. The normalized spacial score (nSPS) is 10.6. The minimum absolute atomic E-state index is 0.0923. The van der Waals surface area contributed by atoms with Gasteiger partial charge < -0.3 is 16.0 Å². The van der Waals surface area contributed by atoms with Crippen molar-refractivity contribution < 1.29 is 4.79 Å². The highest BCUT2D eigenvalue weighted by atomic mass is 16.1. The zero-order valence-electron chi connectivity index (χ0n) is 17.5. The van der Waals surface area contributed by atoms with Gasteiger partial charge in [0, 0.05) is 30.9 Å². The van der Waals surface area contributed by atoms with E-state index in [2.05, 4.69) is 30.9 Å². The van der Waals surface area contributed by atoms with Crippen LogP contribution in [-0.4, -0.2) is 33.9 Å². The number of hydrogen-bond acceptors (Lipinski definition) is 6. The lowest BCUT2D eigenvalue weighted by molar-refractivity contribution is 0.0957. The van der Waals surface area contributed by atoms with E-state index in [1.54, 1.807) is 6.20 Å². The summed E-state index contributed by atoms with van der Waals surface area (Å²) in [7, 11) is 0. The maximum Gasteiger partial charge on any atom is 0.251 e. The molecule has 7 nitrogen and oxygen atoms in total. The van der Waals surface area contributed by atoms with Crippen LogP contribution in [0.4, 0.5) is 17.5 Å². The molecule has 2 heterocycles. The average Bonchev–Trinajstić information content (AvgIpc) is 2.76. The number of anilines is 3. The SMILES string of the molecule is Cc1ccnc(Nc2cc(NCCNC(=O)c3cccc4ccccc34)nc(C)n2)c1. The number of benzene rings is 2. The van der Waals surface area contributed by atoms with Crippen molar-refractivity contribution in [2.75, 3.05) is 23.7 Å². The smallest absolute Gasteiger partial charge is 0.251 e. The lowest BCUT2D eigenvalue weighted by atomic mass is 10.0. The molecule has 0 unspecified atom stereocenters. The highest BCUT2D eigenvalue weighted by Gasteiger charge is 2.09. The van der Waals surface area contributed by atoms with Crippen LogP contribution in [-0.2, 0) is 0 Å².